The minimum atomic E-state index is -0.488. The van der Waals surface area contributed by atoms with Gasteiger partial charge in [0.1, 0.15) is 5.58 Å². The van der Waals surface area contributed by atoms with Crippen LogP contribution in [0.15, 0.2) is 39.5 Å². The van der Waals surface area contributed by atoms with Crippen LogP contribution in [0.4, 0.5) is 0 Å². The molecule has 2 aromatic carbocycles. The van der Waals surface area contributed by atoms with Gasteiger partial charge in [-0.25, -0.2) is 0 Å². The quantitative estimate of drug-likeness (QED) is 0.750. The number of methoxy groups -OCH3 is 3. The minimum Gasteiger partial charge on any atom is -0.502 e. The third-order valence-electron chi connectivity index (χ3n) is 4.27. The lowest BCUT2D eigenvalue weighted by atomic mass is 10.1. The summed E-state index contributed by atoms with van der Waals surface area (Å²) in [6.07, 6.45) is 0.806. The Morgan fingerprint density at radius 3 is 2.19 bits per heavy atom. The van der Waals surface area contributed by atoms with Gasteiger partial charge in [-0.05, 0) is 36.2 Å². The standard InChI is InChI=1S/C20H20O6/c1-5-11-6-7-13-14(8-11)26-19(18(22)17(13)21)12-9-15(23-2)20(25-4)16(10-12)24-3/h6-10,22H,5H2,1-4H3. The SMILES string of the molecule is CCc1ccc2c(=O)c(O)c(-c3cc(OC)c(OC)c(OC)c3)oc2c1. The molecule has 1 N–H and O–H groups in total. The molecule has 0 amide bonds. The molecule has 0 radical (unpaired) electrons. The van der Waals surface area contributed by atoms with Crippen molar-refractivity contribution in [1.29, 1.82) is 0 Å². The Hall–Kier alpha value is -3.15. The van der Waals surface area contributed by atoms with Crippen molar-refractivity contribution in [3.8, 4) is 34.3 Å². The highest BCUT2D eigenvalue weighted by Crippen LogP contribution is 2.43. The molecular weight excluding hydrogens is 336 g/mol. The van der Waals surface area contributed by atoms with Crippen molar-refractivity contribution in [3.05, 3.63) is 46.1 Å². The van der Waals surface area contributed by atoms with Gasteiger partial charge in [0.15, 0.2) is 17.3 Å². The molecule has 136 valence electrons. The van der Waals surface area contributed by atoms with E-state index in [2.05, 4.69) is 0 Å². The molecule has 0 atom stereocenters. The molecule has 0 spiro atoms. The number of rotatable bonds is 5. The van der Waals surface area contributed by atoms with Crippen molar-refractivity contribution in [2.75, 3.05) is 21.3 Å². The molecule has 0 aliphatic heterocycles. The van der Waals surface area contributed by atoms with Gasteiger partial charge < -0.3 is 23.7 Å². The summed E-state index contributed by atoms with van der Waals surface area (Å²) in [5.74, 6) is 0.790. The van der Waals surface area contributed by atoms with Gasteiger partial charge in [-0.3, -0.25) is 4.79 Å². The van der Waals surface area contributed by atoms with Crippen LogP contribution in [-0.2, 0) is 6.42 Å². The highest BCUT2D eigenvalue weighted by molar-refractivity contribution is 5.83. The first-order chi connectivity index (χ1) is 12.5. The average Bonchev–Trinajstić information content (AvgIpc) is 2.68. The second-order valence-electron chi connectivity index (χ2n) is 5.71. The van der Waals surface area contributed by atoms with Crippen molar-refractivity contribution in [1.82, 2.24) is 0 Å². The zero-order chi connectivity index (χ0) is 18.8. The Bertz CT molecular complexity index is 994. The summed E-state index contributed by atoms with van der Waals surface area (Å²) in [5, 5.41) is 10.7. The zero-order valence-electron chi connectivity index (χ0n) is 15.1. The monoisotopic (exact) mass is 356 g/mol. The van der Waals surface area contributed by atoms with Crippen LogP contribution >= 0.6 is 0 Å². The van der Waals surface area contributed by atoms with E-state index in [0.29, 0.717) is 33.8 Å². The Kier molecular flexibility index (Phi) is 4.75. The summed E-state index contributed by atoms with van der Waals surface area (Å²) >= 11 is 0. The second-order valence-corrected chi connectivity index (χ2v) is 5.71. The van der Waals surface area contributed by atoms with E-state index in [1.54, 1.807) is 24.3 Å². The molecule has 6 heteroatoms. The largest absolute Gasteiger partial charge is 0.502 e. The van der Waals surface area contributed by atoms with Crippen LogP contribution in [0.2, 0.25) is 0 Å². The normalized spacial score (nSPS) is 10.8. The predicted octanol–water partition coefficient (Wildman–Crippen LogP) is 3.75. The average molecular weight is 356 g/mol. The molecule has 0 saturated heterocycles. The number of benzene rings is 2. The molecule has 0 aliphatic carbocycles. The third-order valence-corrected chi connectivity index (χ3v) is 4.27. The van der Waals surface area contributed by atoms with Gasteiger partial charge in [-0.1, -0.05) is 13.0 Å². The highest BCUT2D eigenvalue weighted by Gasteiger charge is 2.20. The Morgan fingerprint density at radius 2 is 1.65 bits per heavy atom. The highest BCUT2D eigenvalue weighted by atomic mass is 16.5. The number of ether oxygens (including phenoxy) is 3. The fourth-order valence-corrected chi connectivity index (χ4v) is 2.86. The smallest absolute Gasteiger partial charge is 0.235 e. The van der Waals surface area contributed by atoms with E-state index in [9.17, 15) is 9.90 Å². The van der Waals surface area contributed by atoms with Gasteiger partial charge in [0.2, 0.25) is 16.9 Å². The van der Waals surface area contributed by atoms with Gasteiger partial charge in [-0.15, -0.1) is 0 Å². The molecule has 1 aromatic heterocycles. The Labute approximate surface area is 150 Å². The van der Waals surface area contributed by atoms with E-state index in [1.165, 1.54) is 21.3 Å². The molecule has 0 fully saturated rings. The van der Waals surface area contributed by atoms with Crippen molar-refractivity contribution in [3.63, 3.8) is 0 Å². The van der Waals surface area contributed by atoms with E-state index < -0.39 is 11.2 Å². The van der Waals surface area contributed by atoms with Crippen molar-refractivity contribution in [2.45, 2.75) is 13.3 Å². The molecule has 6 nitrogen and oxygen atoms in total. The fraction of sp³-hybridized carbons (Fsp3) is 0.250. The Morgan fingerprint density at radius 1 is 1.00 bits per heavy atom. The van der Waals surface area contributed by atoms with Gasteiger partial charge >= 0.3 is 0 Å². The van der Waals surface area contributed by atoms with Gasteiger partial charge in [0.25, 0.3) is 0 Å². The molecule has 26 heavy (non-hydrogen) atoms. The van der Waals surface area contributed by atoms with Crippen molar-refractivity contribution in [2.24, 2.45) is 0 Å². The summed E-state index contributed by atoms with van der Waals surface area (Å²) in [6.45, 7) is 2.01. The summed E-state index contributed by atoms with van der Waals surface area (Å²) in [5.41, 5.74) is 1.40. The van der Waals surface area contributed by atoms with Gasteiger partial charge in [0.05, 0.1) is 26.7 Å². The van der Waals surface area contributed by atoms with E-state index in [4.69, 9.17) is 18.6 Å². The van der Waals surface area contributed by atoms with Crippen molar-refractivity contribution >= 4 is 11.0 Å². The van der Waals surface area contributed by atoms with Crippen molar-refractivity contribution < 1.29 is 23.7 Å². The van der Waals surface area contributed by atoms with Crippen LogP contribution in [-0.4, -0.2) is 26.4 Å². The molecule has 0 bridgehead atoms. The van der Waals surface area contributed by atoms with Crippen LogP contribution in [0.3, 0.4) is 0 Å². The first-order valence-electron chi connectivity index (χ1n) is 8.13. The molecular formula is C20H20O6. The molecule has 3 rings (SSSR count). The summed E-state index contributed by atoms with van der Waals surface area (Å²) in [7, 11) is 4.48. The van der Waals surface area contributed by atoms with E-state index in [0.717, 1.165) is 12.0 Å². The molecule has 0 aliphatic rings. The van der Waals surface area contributed by atoms with Crippen LogP contribution < -0.4 is 19.6 Å². The number of aromatic hydroxyl groups is 1. The van der Waals surface area contributed by atoms with Gasteiger partial charge in [0, 0.05) is 5.56 Å². The summed E-state index contributed by atoms with van der Waals surface area (Å²) < 4.78 is 21.8. The summed E-state index contributed by atoms with van der Waals surface area (Å²) in [6, 6.07) is 8.55. The minimum absolute atomic E-state index is 0.0509. The lowest BCUT2D eigenvalue weighted by molar-refractivity contribution is 0.324. The summed E-state index contributed by atoms with van der Waals surface area (Å²) in [4.78, 5) is 12.6. The third kappa shape index (κ3) is 2.83. The van der Waals surface area contributed by atoms with E-state index in [-0.39, 0.29) is 5.76 Å². The first kappa shape index (κ1) is 17.7. The maximum atomic E-state index is 12.6. The van der Waals surface area contributed by atoms with E-state index in [1.807, 2.05) is 13.0 Å². The second kappa shape index (κ2) is 7.00. The number of aryl methyl sites for hydroxylation is 1. The maximum absolute atomic E-state index is 12.6. The zero-order valence-corrected chi connectivity index (χ0v) is 15.1. The number of hydrogen-bond donors (Lipinski definition) is 1. The first-order valence-corrected chi connectivity index (χ1v) is 8.13. The predicted molar refractivity (Wildman–Crippen MR) is 98.6 cm³/mol. The lowest BCUT2D eigenvalue weighted by Crippen LogP contribution is -2.03. The lowest BCUT2D eigenvalue weighted by Gasteiger charge is -2.14. The van der Waals surface area contributed by atoms with Crippen LogP contribution in [0.25, 0.3) is 22.3 Å². The number of fused-ring (bicyclic) bond motifs is 1. The topological polar surface area (TPSA) is 78.1 Å². The van der Waals surface area contributed by atoms with Crippen LogP contribution in [0.5, 0.6) is 23.0 Å². The maximum Gasteiger partial charge on any atom is 0.235 e. The van der Waals surface area contributed by atoms with Crippen LogP contribution in [0.1, 0.15) is 12.5 Å². The number of hydrogen-bond acceptors (Lipinski definition) is 6. The fourth-order valence-electron chi connectivity index (χ4n) is 2.86. The Balaban J connectivity index is 2.31. The molecule has 0 unspecified atom stereocenters. The molecule has 0 saturated carbocycles. The van der Waals surface area contributed by atoms with E-state index >= 15 is 0 Å². The molecule has 1 heterocycles. The molecule has 3 aromatic rings. The van der Waals surface area contributed by atoms with Gasteiger partial charge in [-0.2, -0.15) is 0 Å². The van der Waals surface area contributed by atoms with Crippen LogP contribution in [0, 0.1) is 0 Å².